The molecule has 0 fully saturated rings. The normalized spacial score (nSPS) is 10.9. The third-order valence-electron chi connectivity index (χ3n) is 3.22. The monoisotopic (exact) mass is 300 g/mol. The van der Waals surface area contributed by atoms with Gasteiger partial charge in [0.05, 0.1) is 15.9 Å². The van der Waals surface area contributed by atoms with Crippen LogP contribution in [0.3, 0.4) is 0 Å². The number of ketones is 1. The Kier molecular flexibility index (Phi) is 3.31. The Morgan fingerprint density at radius 3 is 2.43 bits per heavy atom. The number of fused-ring (bicyclic) bond motifs is 1. The van der Waals surface area contributed by atoms with Crippen LogP contribution in [0.1, 0.15) is 27.0 Å². The number of hydrogen-bond donors (Lipinski definition) is 2. The van der Waals surface area contributed by atoms with Gasteiger partial charge in [0, 0.05) is 10.4 Å². The molecule has 6 heteroatoms. The van der Waals surface area contributed by atoms with Gasteiger partial charge in [-0.05, 0) is 36.8 Å². The zero-order valence-electron chi connectivity index (χ0n) is 11.2. The Hall–Kier alpha value is -2.47. The van der Waals surface area contributed by atoms with Gasteiger partial charge in [-0.25, -0.2) is 0 Å². The van der Waals surface area contributed by atoms with Gasteiger partial charge in [0.15, 0.2) is 0 Å². The molecule has 0 bridgehead atoms. The first-order chi connectivity index (χ1) is 10.1. The second kappa shape index (κ2) is 5.14. The molecule has 0 aliphatic carbocycles. The molecule has 2 aromatic heterocycles. The Morgan fingerprint density at radius 1 is 1.05 bits per heavy atom. The Labute approximate surface area is 123 Å². The second-order valence-corrected chi connectivity index (χ2v) is 5.79. The lowest BCUT2D eigenvalue weighted by atomic mass is 10.1. The number of hydrogen-bond acceptors (Lipinski definition) is 4. The van der Waals surface area contributed by atoms with Crippen LogP contribution in [-0.4, -0.2) is 15.8 Å². The van der Waals surface area contributed by atoms with Crippen molar-refractivity contribution in [1.29, 1.82) is 0 Å². The van der Waals surface area contributed by atoms with Gasteiger partial charge in [-0.1, -0.05) is 6.92 Å². The summed E-state index contributed by atoms with van der Waals surface area (Å²) in [6.45, 7) is 2.04. The number of carbonyl (C=O) groups excluding carboxylic acids is 1. The molecule has 0 aliphatic heterocycles. The molecule has 3 rings (SSSR count). The van der Waals surface area contributed by atoms with E-state index in [2.05, 4.69) is 9.97 Å². The van der Waals surface area contributed by atoms with Crippen molar-refractivity contribution < 1.29 is 4.79 Å². The highest BCUT2D eigenvalue weighted by atomic mass is 32.1. The molecule has 106 valence electrons. The van der Waals surface area contributed by atoms with Crippen LogP contribution in [0.4, 0.5) is 0 Å². The van der Waals surface area contributed by atoms with Gasteiger partial charge in [0.25, 0.3) is 0 Å². The number of benzene rings is 1. The molecular formula is C15H12N2O3S. The summed E-state index contributed by atoms with van der Waals surface area (Å²) in [6.07, 6.45) is 0.893. The van der Waals surface area contributed by atoms with E-state index in [1.807, 2.05) is 19.1 Å². The molecule has 0 spiro atoms. The molecule has 0 unspecified atom stereocenters. The number of thiophene rings is 1. The van der Waals surface area contributed by atoms with Crippen LogP contribution in [0.25, 0.3) is 11.0 Å². The second-order valence-electron chi connectivity index (χ2n) is 4.62. The van der Waals surface area contributed by atoms with Crippen LogP contribution in [0.15, 0.2) is 39.9 Å². The van der Waals surface area contributed by atoms with Crippen molar-refractivity contribution in [2.75, 3.05) is 0 Å². The minimum Gasteiger partial charge on any atom is -0.316 e. The molecule has 0 saturated carbocycles. The highest BCUT2D eigenvalue weighted by Gasteiger charge is 2.12. The molecule has 1 aromatic carbocycles. The summed E-state index contributed by atoms with van der Waals surface area (Å²) in [5.41, 5.74) is -0.00656. The summed E-state index contributed by atoms with van der Waals surface area (Å²) in [4.78, 5) is 41.8. The van der Waals surface area contributed by atoms with Crippen molar-refractivity contribution in [2.45, 2.75) is 13.3 Å². The van der Waals surface area contributed by atoms with Gasteiger partial charge in [-0.15, -0.1) is 11.3 Å². The first-order valence-electron chi connectivity index (χ1n) is 6.48. The van der Waals surface area contributed by atoms with Crippen molar-refractivity contribution in [3.8, 4) is 0 Å². The third kappa shape index (κ3) is 2.45. The Bertz CT molecular complexity index is 949. The molecule has 3 aromatic rings. The molecule has 2 N–H and O–H groups in total. The van der Waals surface area contributed by atoms with Gasteiger partial charge in [0.2, 0.25) is 5.78 Å². The summed E-state index contributed by atoms with van der Waals surface area (Å²) < 4.78 is 0. The van der Waals surface area contributed by atoms with E-state index >= 15 is 0 Å². The van der Waals surface area contributed by atoms with Crippen LogP contribution in [0.2, 0.25) is 0 Å². The summed E-state index contributed by atoms with van der Waals surface area (Å²) in [7, 11) is 0. The van der Waals surface area contributed by atoms with Crippen LogP contribution in [-0.2, 0) is 6.42 Å². The number of aromatic amines is 2. The molecule has 0 atom stereocenters. The molecular weight excluding hydrogens is 288 g/mol. The van der Waals surface area contributed by atoms with Gasteiger partial charge in [0.1, 0.15) is 0 Å². The van der Waals surface area contributed by atoms with Crippen LogP contribution in [0.5, 0.6) is 0 Å². The third-order valence-corrected chi connectivity index (χ3v) is 4.45. The van der Waals surface area contributed by atoms with E-state index in [4.69, 9.17) is 0 Å². The van der Waals surface area contributed by atoms with Gasteiger partial charge in [-0.3, -0.25) is 14.4 Å². The van der Waals surface area contributed by atoms with Gasteiger partial charge >= 0.3 is 11.1 Å². The number of aryl methyl sites for hydroxylation is 1. The van der Waals surface area contributed by atoms with Crippen molar-refractivity contribution in [3.05, 3.63) is 66.4 Å². The molecule has 0 radical (unpaired) electrons. The lowest BCUT2D eigenvalue weighted by molar-refractivity contribution is 0.104. The first kappa shape index (κ1) is 13.5. The quantitative estimate of drug-likeness (QED) is 0.574. The lowest BCUT2D eigenvalue weighted by Gasteiger charge is -2.01. The first-order valence-corrected chi connectivity index (χ1v) is 7.30. The van der Waals surface area contributed by atoms with Crippen molar-refractivity contribution in [1.82, 2.24) is 9.97 Å². The van der Waals surface area contributed by atoms with E-state index in [9.17, 15) is 14.4 Å². The van der Waals surface area contributed by atoms with E-state index < -0.39 is 11.1 Å². The summed E-state index contributed by atoms with van der Waals surface area (Å²) in [5.74, 6) is -0.0892. The minimum absolute atomic E-state index is 0.0892. The van der Waals surface area contributed by atoms with Crippen LogP contribution < -0.4 is 11.1 Å². The Morgan fingerprint density at radius 2 is 1.76 bits per heavy atom. The largest absolute Gasteiger partial charge is 0.316 e. The van der Waals surface area contributed by atoms with E-state index in [-0.39, 0.29) is 5.78 Å². The number of rotatable bonds is 3. The topological polar surface area (TPSA) is 82.8 Å². The maximum absolute atomic E-state index is 12.4. The maximum atomic E-state index is 12.4. The molecule has 5 nitrogen and oxygen atoms in total. The fraction of sp³-hybridized carbons (Fsp3) is 0.133. The van der Waals surface area contributed by atoms with Crippen molar-refractivity contribution >= 4 is 28.2 Å². The summed E-state index contributed by atoms with van der Waals surface area (Å²) in [6, 6.07) is 8.60. The number of H-pyrrole nitrogens is 2. The van der Waals surface area contributed by atoms with E-state index in [1.54, 1.807) is 18.2 Å². The SMILES string of the molecule is CCc1ccc(C(=O)c2ccc3[nH]c(=O)c(=O)[nH]c3c2)s1. The Balaban J connectivity index is 2.08. The predicted octanol–water partition coefficient (Wildman–Crippen LogP) is 2.07. The molecule has 0 saturated heterocycles. The highest BCUT2D eigenvalue weighted by Crippen LogP contribution is 2.21. The molecule has 21 heavy (non-hydrogen) atoms. The molecule has 2 heterocycles. The fourth-order valence-corrected chi connectivity index (χ4v) is 3.00. The minimum atomic E-state index is -0.725. The molecule has 0 amide bonds. The zero-order valence-corrected chi connectivity index (χ0v) is 12.0. The predicted molar refractivity (Wildman–Crippen MR) is 82.3 cm³/mol. The van der Waals surface area contributed by atoms with Crippen LogP contribution in [0, 0.1) is 0 Å². The highest BCUT2D eigenvalue weighted by molar-refractivity contribution is 7.14. The van der Waals surface area contributed by atoms with Gasteiger partial charge in [-0.2, -0.15) is 0 Å². The maximum Gasteiger partial charge on any atom is 0.314 e. The number of aromatic nitrogens is 2. The zero-order chi connectivity index (χ0) is 15.0. The van der Waals surface area contributed by atoms with E-state index in [1.165, 1.54) is 11.3 Å². The standard InChI is InChI=1S/C15H12N2O3S/c1-2-9-4-6-12(21-9)13(18)8-3-5-10-11(7-8)17-15(20)14(19)16-10/h3-7H,2H2,1H3,(H,16,19)(H,17,20). The fourth-order valence-electron chi connectivity index (χ4n) is 2.09. The van der Waals surface area contributed by atoms with E-state index in [0.717, 1.165) is 11.3 Å². The summed E-state index contributed by atoms with van der Waals surface area (Å²) >= 11 is 1.47. The number of nitrogens with one attached hydrogen (secondary N) is 2. The van der Waals surface area contributed by atoms with Crippen molar-refractivity contribution in [3.63, 3.8) is 0 Å². The van der Waals surface area contributed by atoms with Gasteiger partial charge < -0.3 is 9.97 Å². The molecule has 0 aliphatic rings. The smallest absolute Gasteiger partial charge is 0.314 e. The number of carbonyl (C=O) groups is 1. The van der Waals surface area contributed by atoms with Crippen LogP contribution >= 0.6 is 11.3 Å². The lowest BCUT2D eigenvalue weighted by Crippen LogP contribution is -2.28. The van der Waals surface area contributed by atoms with E-state index in [0.29, 0.717) is 21.5 Å². The average Bonchev–Trinajstić information content (AvgIpc) is 2.96. The summed E-state index contributed by atoms with van der Waals surface area (Å²) in [5, 5.41) is 0. The average molecular weight is 300 g/mol. The van der Waals surface area contributed by atoms with Crippen molar-refractivity contribution in [2.24, 2.45) is 0 Å².